The van der Waals surface area contributed by atoms with Gasteiger partial charge in [0.25, 0.3) is 0 Å². The molecule has 0 spiro atoms. The largest absolute Gasteiger partial charge is 0.311 e. The fourth-order valence-corrected chi connectivity index (χ4v) is 1.49. The van der Waals surface area contributed by atoms with E-state index >= 15 is 0 Å². The third kappa shape index (κ3) is 4.77. The Balaban J connectivity index is 2.04. The van der Waals surface area contributed by atoms with Crippen molar-refractivity contribution in [1.82, 2.24) is 20.0 Å². The number of hydrogen-bond donors (Lipinski definition) is 1. The lowest BCUT2D eigenvalue weighted by molar-refractivity contribution is 0.269. The van der Waals surface area contributed by atoms with Gasteiger partial charge in [0, 0.05) is 25.8 Å². The zero-order valence-corrected chi connectivity index (χ0v) is 10.9. The molecule has 0 aliphatic heterocycles. The molecular formula is C12H24N4. The second kappa shape index (κ2) is 6.66. The molecule has 0 saturated heterocycles. The molecule has 1 N–H and O–H groups in total. The van der Waals surface area contributed by atoms with Gasteiger partial charge in [0.15, 0.2) is 0 Å². The second-order valence-electron chi connectivity index (χ2n) is 4.59. The van der Waals surface area contributed by atoms with Crippen LogP contribution in [-0.2, 0) is 13.6 Å². The first-order valence-corrected chi connectivity index (χ1v) is 5.99. The van der Waals surface area contributed by atoms with E-state index in [-0.39, 0.29) is 0 Å². The molecule has 0 atom stereocenters. The first-order chi connectivity index (χ1) is 7.59. The van der Waals surface area contributed by atoms with Gasteiger partial charge in [-0.1, -0.05) is 0 Å². The average Bonchev–Trinajstić information content (AvgIpc) is 2.63. The predicted molar refractivity (Wildman–Crippen MR) is 67.3 cm³/mol. The van der Waals surface area contributed by atoms with Crippen LogP contribution in [0.15, 0.2) is 12.3 Å². The van der Waals surface area contributed by atoms with Gasteiger partial charge in [0.1, 0.15) is 0 Å². The monoisotopic (exact) mass is 224 g/mol. The van der Waals surface area contributed by atoms with Crippen LogP contribution in [0.25, 0.3) is 0 Å². The van der Waals surface area contributed by atoms with E-state index in [1.807, 2.05) is 24.0 Å². The van der Waals surface area contributed by atoms with Crippen LogP contribution in [0.2, 0.25) is 0 Å². The molecule has 92 valence electrons. The van der Waals surface area contributed by atoms with Crippen LogP contribution < -0.4 is 5.32 Å². The van der Waals surface area contributed by atoms with Gasteiger partial charge >= 0.3 is 0 Å². The molecule has 0 amide bonds. The Morgan fingerprint density at radius 1 is 1.50 bits per heavy atom. The van der Waals surface area contributed by atoms with E-state index in [1.54, 1.807) is 0 Å². The molecule has 1 aromatic rings. The average molecular weight is 224 g/mol. The molecule has 0 radical (unpaired) electrons. The molecule has 1 rings (SSSR count). The smallest absolute Gasteiger partial charge is 0.0762 e. The van der Waals surface area contributed by atoms with Crippen molar-refractivity contribution in [2.24, 2.45) is 7.05 Å². The van der Waals surface area contributed by atoms with Crippen LogP contribution in [0.4, 0.5) is 0 Å². The summed E-state index contributed by atoms with van der Waals surface area (Å²) in [6, 6.07) is 2.68. The van der Waals surface area contributed by atoms with Crippen molar-refractivity contribution in [3.8, 4) is 0 Å². The highest BCUT2D eigenvalue weighted by Crippen LogP contribution is 1.95. The Kier molecular flexibility index (Phi) is 5.49. The van der Waals surface area contributed by atoms with E-state index in [0.717, 1.165) is 25.3 Å². The predicted octanol–water partition coefficient (Wildman–Crippen LogP) is 1.24. The zero-order valence-electron chi connectivity index (χ0n) is 10.9. The number of rotatable bonds is 7. The summed E-state index contributed by atoms with van der Waals surface area (Å²) in [6.07, 6.45) is 3.16. The van der Waals surface area contributed by atoms with E-state index in [4.69, 9.17) is 0 Å². The van der Waals surface area contributed by atoms with Gasteiger partial charge in [-0.15, -0.1) is 0 Å². The van der Waals surface area contributed by atoms with Crippen molar-refractivity contribution in [3.63, 3.8) is 0 Å². The van der Waals surface area contributed by atoms with Crippen LogP contribution in [0.1, 0.15) is 26.0 Å². The fraction of sp³-hybridized carbons (Fsp3) is 0.750. The molecule has 0 fully saturated rings. The molecule has 1 aromatic heterocycles. The number of aryl methyl sites for hydroxylation is 1. The summed E-state index contributed by atoms with van der Waals surface area (Å²) in [4.78, 5) is 2.36. The van der Waals surface area contributed by atoms with Gasteiger partial charge in [0.05, 0.1) is 5.69 Å². The third-order valence-electron chi connectivity index (χ3n) is 2.82. The van der Waals surface area contributed by atoms with Gasteiger partial charge in [-0.05, 0) is 46.5 Å². The second-order valence-corrected chi connectivity index (χ2v) is 4.59. The van der Waals surface area contributed by atoms with E-state index < -0.39 is 0 Å². The molecule has 0 saturated carbocycles. The van der Waals surface area contributed by atoms with Gasteiger partial charge < -0.3 is 10.2 Å². The highest BCUT2D eigenvalue weighted by Gasteiger charge is 2.01. The van der Waals surface area contributed by atoms with Crippen LogP contribution in [-0.4, -0.2) is 40.9 Å². The van der Waals surface area contributed by atoms with Crippen molar-refractivity contribution in [1.29, 1.82) is 0 Å². The van der Waals surface area contributed by atoms with Gasteiger partial charge in [0.2, 0.25) is 0 Å². The molecule has 1 heterocycles. The van der Waals surface area contributed by atoms with Crippen LogP contribution >= 0.6 is 0 Å². The maximum absolute atomic E-state index is 4.32. The topological polar surface area (TPSA) is 33.1 Å². The van der Waals surface area contributed by atoms with E-state index in [9.17, 15) is 0 Å². The zero-order chi connectivity index (χ0) is 12.0. The van der Waals surface area contributed by atoms with Crippen molar-refractivity contribution in [2.75, 3.05) is 20.1 Å². The summed E-state index contributed by atoms with van der Waals surface area (Å²) in [6.45, 7) is 7.51. The van der Waals surface area contributed by atoms with Crippen LogP contribution in [0, 0.1) is 0 Å². The molecule has 16 heavy (non-hydrogen) atoms. The van der Waals surface area contributed by atoms with E-state index in [0.29, 0.717) is 6.04 Å². The van der Waals surface area contributed by atoms with Crippen molar-refractivity contribution in [2.45, 2.75) is 32.9 Å². The summed E-state index contributed by atoms with van der Waals surface area (Å²) in [7, 11) is 4.12. The van der Waals surface area contributed by atoms with Crippen LogP contribution in [0.5, 0.6) is 0 Å². The molecule has 4 heteroatoms. The maximum atomic E-state index is 4.32. The van der Waals surface area contributed by atoms with E-state index in [1.165, 1.54) is 6.42 Å². The number of nitrogens with zero attached hydrogens (tertiary/aromatic N) is 3. The minimum Gasteiger partial charge on any atom is -0.311 e. The Morgan fingerprint density at radius 3 is 2.81 bits per heavy atom. The highest BCUT2D eigenvalue weighted by molar-refractivity contribution is 4.97. The van der Waals surface area contributed by atoms with Crippen molar-refractivity contribution < 1.29 is 0 Å². The SMILES string of the molecule is CC(C)N(C)CCCNCc1ccn(C)n1. The highest BCUT2D eigenvalue weighted by atomic mass is 15.3. The van der Waals surface area contributed by atoms with Crippen molar-refractivity contribution >= 4 is 0 Å². The Hall–Kier alpha value is -0.870. The molecule has 0 bridgehead atoms. The quantitative estimate of drug-likeness (QED) is 0.707. The molecule has 0 aromatic carbocycles. The standard InChI is InChI=1S/C12H24N4/c1-11(2)15(3)8-5-7-13-10-12-6-9-16(4)14-12/h6,9,11,13H,5,7-8,10H2,1-4H3. The summed E-state index contributed by atoms with van der Waals surface area (Å²) in [5, 5.41) is 7.72. The number of aromatic nitrogens is 2. The minimum absolute atomic E-state index is 0.635. The Bertz CT molecular complexity index is 293. The number of nitrogens with one attached hydrogen (secondary N) is 1. The van der Waals surface area contributed by atoms with Gasteiger partial charge in [-0.25, -0.2) is 0 Å². The number of hydrogen-bond acceptors (Lipinski definition) is 3. The lowest BCUT2D eigenvalue weighted by atomic mass is 10.3. The molecule has 0 aliphatic carbocycles. The molecule has 0 aliphatic rings. The van der Waals surface area contributed by atoms with Gasteiger partial charge in [-0.2, -0.15) is 5.10 Å². The summed E-state index contributed by atoms with van der Waals surface area (Å²) < 4.78 is 1.84. The molecular weight excluding hydrogens is 200 g/mol. The fourth-order valence-electron chi connectivity index (χ4n) is 1.49. The summed E-state index contributed by atoms with van der Waals surface area (Å²) in [5.41, 5.74) is 1.11. The molecule has 0 unspecified atom stereocenters. The maximum Gasteiger partial charge on any atom is 0.0762 e. The Labute approximate surface area is 98.6 Å². The van der Waals surface area contributed by atoms with Crippen molar-refractivity contribution in [3.05, 3.63) is 18.0 Å². The first kappa shape index (κ1) is 13.2. The summed E-state index contributed by atoms with van der Waals surface area (Å²) in [5.74, 6) is 0. The third-order valence-corrected chi connectivity index (χ3v) is 2.82. The first-order valence-electron chi connectivity index (χ1n) is 5.99. The summed E-state index contributed by atoms with van der Waals surface area (Å²) >= 11 is 0. The normalized spacial score (nSPS) is 11.6. The molecule has 4 nitrogen and oxygen atoms in total. The lowest BCUT2D eigenvalue weighted by Gasteiger charge is -2.20. The van der Waals surface area contributed by atoms with E-state index in [2.05, 4.69) is 36.2 Å². The van der Waals surface area contributed by atoms with Crippen LogP contribution in [0.3, 0.4) is 0 Å². The minimum atomic E-state index is 0.635. The van der Waals surface area contributed by atoms with Gasteiger partial charge in [-0.3, -0.25) is 4.68 Å². The lowest BCUT2D eigenvalue weighted by Crippen LogP contribution is -2.29. The Morgan fingerprint density at radius 2 is 2.25 bits per heavy atom.